The Bertz CT molecular complexity index is 155. The van der Waals surface area contributed by atoms with Gasteiger partial charge in [-0.3, -0.25) is 9.50 Å². The molecule has 50 valence electrons. The Kier molecular flexibility index (Phi) is 2.07. The molecule has 1 aliphatic heterocycles. The third kappa shape index (κ3) is 1.35. The van der Waals surface area contributed by atoms with Gasteiger partial charge in [0.2, 0.25) is 0 Å². The number of ether oxygens (including phenoxy) is 1. The number of rotatable bonds is 0. The summed E-state index contributed by atoms with van der Waals surface area (Å²) in [7, 11) is 0. The second-order valence-corrected chi connectivity index (χ2v) is 1.54. The average molecular weight is 132 g/mol. The van der Waals surface area contributed by atoms with Crippen LogP contribution in [0.25, 0.3) is 0 Å². The van der Waals surface area contributed by atoms with Gasteiger partial charge in [0.1, 0.15) is 0 Å². The van der Waals surface area contributed by atoms with Gasteiger partial charge in [-0.25, -0.2) is 4.79 Å². The van der Waals surface area contributed by atoms with Crippen LogP contribution in [-0.4, -0.2) is 11.9 Å². The van der Waals surface area contributed by atoms with Gasteiger partial charge in [0.05, 0.1) is 6.42 Å². The SMILES string of the molecule is C=C1CC(=O)OC1=O.F. The summed E-state index contributed by atoms with van der Waals surface area (Å²) >= 11 is 0. The Hall–Kier alpha value is -1.19. The Balaban J connectivity index is 0.000000640. The lowest BCUT2D eigenvalue weighted by atomic mass is 10.3. The molecule has 1 fully saturated rings. The van der Waals surface area contributed by atoms with Gasteiger partial charge in [-0.15, -0.1) is 0 Å². The minimum atomic E-state index is -0.588. The summed E-state index contributed by atoms with van der Waals surface area (Å²) in [6.45, 7) is 3.29. The highest BCUT2D eigenvalue weighted by molar-refractivity contribution is 6.05. The van der Waals surface area contributed by atoms with Crippen molar-refractivity contribution in [3.8, 4) is 0 Å². The molecular weight excluding hydrogens is 127 g/mol. The molecule has 0 bridgehead atoms. The van der Waals surface area contributed by atoms with E-state index in [9.17, 15) is 9.59 Å². The van der Waals surface area contributed by atoms with Crippen LogP contribution < -0.4 is 0 Å². The second kappa shape index (κ2) is 2.39. The summed E-state index contributed by atoms with van der Waals surface area (Å²) < 4.78 is 4.10. The number of carbonyl (C=O) groups excluding carboxylic acids is 2. The first-order valence-corrected chi connectivity index (χ1v) is 2.13. The Morgan fingerprint density at radius 3 is 2.11 bits per heavy atom. The number of halogens is 1. The van der Waals surface area contributed by atoms with Crippen molar-refractivity contribution in [2.45, 2.75) is 6.42 Å². The Labute approximate surface area is 50.7 Å². The van der Waals surface area contributed by atoms with Crippen LogP contribution >= 0.6 is 0 Å². The topological polar surface area (TPSA) is 43.4 Å². The standard InChI is InChI=1S/C5H4O3.FH/c1-3-2-4(6)8-5(3)7;/h1-2H2;1H. The van der Waals surface area contributed by atoms with E-state index in [0.717, 1.165) is 0 Å². The molecule has 3 nitrogen and oxygen atoms in total. The zero-order valence-corrected chi connectivity index (χ0v) is 4.55. The summed E-state index contributed by atoms with van der Waals surface area (Å²) in [5.74, 6) is -1.09. The van der Waals surface area contributed by atoms with E-state index in [4.69, 9.17) is 0 Å². The van der Waals surface area contributed by atoms with E-state index < -0.39 is 11.9 Å². The Morgan fingerprint density at radius 1 is 1.44 bits per heavy atom. The highest BCUT2D eigenvalue weighted by Gasteiger charge is 2.24. The molecule has 1 aliphatic rings. The predicted molar refractivity (Wildman–Crippen MR) is 27.4 cm³/mol. The first-order valence-electron chi connectivity index (χ1n) is 2.13. The summed E-state index contributed by atoms with van der Waals surface area (Å²) in [5, 5.41) is 0. The van der Waals surface area contributed by atoms with Crippen molar-refractivity contribution in [2.75, 3.05) is 0 Å². The average Bonchev–Trinajstić information content (AvgIpc) is 1.85. The summed E-state index contributed by atoms with van der Waals surface area (Å²) in [5.41, 5.74) is 0.245. The van der Waals surface area contributed by atoms with Gasteiger partial charge in [0.25, 0.3) is 0 Å². The smallest absolute Gasteiger partial charge is 0.341 e. The number of hydrogen-bond acceptors (Lipinski definition) is 3. The molecule has 0 aliphatic carbocycles. The van der Waals surface area contributed by atoms with Crippen molar-refractivity contribution >= 4 is 11.9 Å². The summed E-state index contributed by atoms with van der Waals surface area (Å²) in [6.07, 6.45) is 0.0544. The molecule has 0 unspecified atom stereocenters. The van der Waals surface area contributed by atoms with Crippen LogP contribution in [0.1, 0.15) is 6.42 Å². The minimum absolute atomic E-state index is 0. The van der Waals surface area contributed by atoms with Crippen molar-refractivity contribution in [1.29, 1.82) is 0 Å². The lowest BCUT2D eigenvalue weighted by Crippen LogP contribution is -1.95. The highest BCUT2D eigenvalue weighted by Crippen LogP contribution is 2.10. The van der Waals surface area contributed by atoms with Crippen LogP contribution in [0.5, 0.6) is 0 Å². The van der Waals surface area contributed by atoms with Gasteiger partial charge in [0, 0.05) is 5.57 Å². The monoisotopic (exact) mass is 132 g/mol. The number of hydrogen-bond donors (Lipinski definition) is 0. The van der Waals surface area contributed by atoms with Gasteiger partial charge in [0.15, 0.2) is 0 Å². The molecular formula is C5H5FO3. The molecule has 0 amide bonds. The zero-order chi connectivity index (χ0) is 6.15. The van der Waals surface area contributed by atoms with E-state index >= 15 is 0 Å². The maximum atomic E-state index is 10.2. The van der Waals surface area contributed by atoms with Gasteiger partial charge >= 0.3 is 11.9 Å². The van der Waals surface area contributed by atoms with Gasteiger partial charge < -0.3 is 4.74 Å². The lowest BCUT2D eigenvalue weighted by molar-refractivity contribution is -0.151. The first kappa shape index (κ1) is 7.81. The van der Waals surface area contributed by atoms with Gasteiger partial charge in [-0.05, 0) is 0 Å². The van der Waals surface area contributed by atoms with E-state index in [2.05, 4.69) is 11.3 Å². The third-order valence-electron chi connectivity index (χ3n) is 0.853. The van der Waals surface area contributed by atoms with Crippen molar-refractivity contribution in [1.82, 2.24) is 0 Å². The fourth-order valence-corrected chi connectivity index (χ4v) is 0.458. The van der Waals surface area contributed by atoms with Crippen LogP contribution in [0.15, 0.2) is 12.2 Å². The van der Waals surface area contributed by atoms with Gasteiger partial charge in [-0.2, -0.15) is 0 Å². The van der Waals surface area contributed by atoms with Crippen molar-refractivity contribution in [3.63, 3.8) is 0 Å². The molecule has 1 heterocycles. The van der Waals surface area contributed by atoms with E-state index in [1.807, 2.05) is 0 Å². The van der Waals surface area contributed by atoms with E-state index in [-0.39, 0.29) is 16.7 Å². The molecule has 9 heavy (non-hydrogen) atoms. The zero-order valence-electron chi connectivity index (χ0n) is 4.55. The molecule has 0 aromatic rings. The maximum Gasteiger partial charge on any atom is 0.341 e. The number of esters is 2. The normalized spacial score (nSPS) is 17.1. The van der Waals surface area contributed by atoms with Crippen molar-refractivity contribution in [3.05, 3.63) is 12.2 Å². The second-order valence-electron chi connectivity index (χ2n) is 1.54. The number of carbonyl (C=O) groups is 2. The summed E-state index contributed by atoms with van der Waals surface area (Å²) in [6, 6.07) is 0. The van der Waals surface area contributed by atoms with E-state index in [1.165, 1.54) is 0 Å². The quantitative estimate of drug-likeness (QED) is 0.268. The lowest BCUT2D eigenvalue weighted by Gasteiger charge is -1.80. The molecule has 0 saturated carbocycles. The van der Waals surface area contributed by atoms with Crippen LogP contribution in [-0.2, 0) is 14.3 Å². The first-order chi connectivity index (χ1) is 3.70. The molecule has 4 heteroatoms. The molecule has 0 atom stereocenters. The highest BCUT2D eigenvalue weighted by atomic mass is 19.0. The summed E-state index contributed by atoms with van der Waals surface area (Å²) in [4.78, 5) is 20.4. The van der Waals surface area contributed by atoms with Crippen molar-refractivity contribution in [2.24, 2.45) is 0 Å². The largest absolute Gasteiger partial charge is 0.389 e. The predicted octanol–water partition coefficient (Wildman–Crippen LogP) is 0.169. The molecule has 0 spiro atoms. The minimum Gasteiger partial charge on any atom is -0.389 e. The fraction of sp³-hybridized carbons (Fsp3) is 0.200. The van der Waals surface area contributed by atoms with Crippen molar-refractivity contribution < 1.29 is 19.0 Å². The molecule has 1 saturated heterocycles. The van der Waals surface area contributed by atoms with E-state index in [1.54, 1.807) is 0 Å². The molecule has 0 aromatic carbocycles. The van der Waals surface area contributed by atoms with Crippen LogP contribution in [0.4, 0.5) is 4.70 Å². The van der Waals surface area contributed by atoms with Crippen LogP contribution in [0.3, 0.4) is 0 Å². The van der Waals surface area contributed by atoms with E-state index in [0.29, 0.717) is 0 Å². The van der Waals surface area contributed by atoms with Gasteiger partial charge in [-0.1, -0.05) is 6.58 Å². The maximum absolute atomic E-state index is 10.2. The Morgan fingerprint density at radius 2 is 2.00 bits per heavy atom. The molecule has 0 aromatic heterocycles. The molecule has 1 rings (SSSR count). The fourth-order valence-electron chi connectivity index (χ4n) is 0.458. The van der Waals surface area contributed by atoms with Crippen LogP contribution in [0, 0.1) is 0 Å². The van der Waals surface area contributed by atoms with Crippen LogP contribution in [0.2, 0.25) is 0 Å². The third-order valence-corrected chi connectivity index (χ3v) is 0.853. The molecule has 0 N–H and O–H groups in total. The molecule has 0 radical (unpaired) electrons. The number of cyclic esters (lactones) is 2.